The van der Waals surface area contributed by atoms with Gasteiger partial charge in [0.2, 0.25) is 11.8 Å². The van der Waals surface area contributed by atoms with Crippen LogP contribution in [0.25, 0.3) is 0 Å². The number of thioether (sulfide) groups is 1. The number of nitrogens with one attached hydrogen (secondary N) is 1. The zero-order chi connectivity index (χ0) is 26.2. The Labute approximate surface area is 222 Å². The minimum atomic E-state index is -0.627. The van der Waals surface area contributed by atoms with Crippen molar-refractivity contribution in [3.63, 3.8) is 0 Å². The Morgan fingerprint density at radius 3 is 2.30 bits per heavy atom. The Kier molecular flexibility index (Phi) is 8.95. The smallest absolute Gasteiger partial charge is 0.246 e. The highest BCUT2D eigenvalue weighted by molar-refractivity contribution is 7.99. The van der Waals surface area contributed by atoms with Crippen LogP contribution in [0, 0.1) is 0 Å². The number of methoxy groups -OCH3 is 2. The lowest BCUT2D eigenvalue weighted by Gasteiger charge is -2.32. The number of carbonyl (C=O) groups excluding carboxylic acids is 2. The molecule has 3 aromatic rings. The van der Waals surface area contributed by atoms with Crippen molar-refractivity contribution in [1.82, 2.24) is 10.2 Å². The Morgan fingerprint density at radius 1 is 0.973 bits per heavy atom. The van der Waals surface area contributed by atoms with E-state index in [1.165, 1.54) is 18.7 Å². The molecule has 1 aliphatic heterocycles. The van der Waals surface area contributed by atoms with Crippen molar-refractivity contribution >= 4 is 23.6 Å². The topological polar surface area (TPSA) is 77.1 Å². The first kappa shape index (κ1) is 26.4. The summed E-state index contributed by atoms with van der Waals surface area (Å²) in [5.41, 5.74) is 3.27. The fraction of sp³-hybridized carbons (Fsp3) is 0.310. The molecule has 1 aliphatic rings. The molecule has 0 saturated heterocycles. The lowest BCUT2D eigenvalue weighted by atomic mass is 9.98. The molecule has 8 heteroatoms. The van der Waals surface area contributed by atoms with Crippen molar-refractivity contribution in [2.45, 2.75) is 37.4 Å². The van der Waals surface area contributed by atoms with Crippen molar-refractivity contribution in [1.29, 1.82) is 0 Å². The SMILES string of the molecule is COc1cc2c(cc1OC)CN(C(=O)C(CSc1ccc(OCc3ccccc3)cc1)NC(C)=O)CC2. The van der Waals surface area contributed by atoms with Crippen LogP contribution in [0.5, 0.6) is 17.2 Å². The normalized spacial score (nSPS) is 13.3. The molecule has 0 aliphatic carbocycles. The fourth-order valence-electron chi connectivity index (χ4n) is 4.26. The highest BCUT2D eigenvalue weighted by Gasteiger charge is 2.29. The summed E-state index contributed by atoms with van der Waals surface area (Å²) >= 11 is 1.53. The quantitative estimate of drug-likeness (QED) is 0.398. The van der Waals surface area contributed by atoms with Crippen LogP contribution in [0.3, 0.4) is 0 Å². The van der Waals surface area contributed by atoms with Crippen LogP contribution in [0.15, 0.2) is 71.6 Å². The molecule has 0 fully saturated rings. The second-order valence-corrected chi connectivity index (χ2v) is 9.89. The van der Waals surface area contributed by atoms with Gasteiger partial charge in [-0.15, -0.1) is 11.8 Å². The van der Waals surface area contributed by atoms with E-state index in [9.17, 15) is 9.59 Å². The van der Waals surface area contributed by atoms with E-state index < -0.39 is 6.04 Å². The molecule has 1 heterocycles. The molecule has 37 heavy (non-hydrogen) atoms. The summed E-state index contributed by atoms with van der Waals surface area (Å²) in [5, 5.41) is 2.84. The number of hydrogen-bond acceptors (Lipinski definition) is 6. The third kappa shape index (κ3) is 6.98. The van der Waals surface area contributed by atoms with Gasteiger partial charge in [0.1, 0.15) is 18.4 Å². The molecule has 0 aromatic heterocycles. The lowest BCUT2D eigenvalue weighted by Crippen LogP contribution is -2.50. The molecule has 0 bridgehead atoms. The highest BCUT2D eigenvalue weighted by atomic mass is 32.2. The second kappa shape index (κ2) is 12.5. The number of rotatable bonds is 10. The van der Waals surface area contributed by atoms with Crippen LogP contribution in [0.2, 0.25) is 0 Å². The van der Waals surface area contributed by atoms with E-state index in [4.69, 9.17) is 14.2 Å². The summed E-state index contributed by atoms with van der Waals surface area (Å²) < 4.78 is 16.7. The molecule has 1 N–H and O–H groups in total. The first-order chi connectivity index (χ1) is 18.0. The average molecular weight is 521 g/mol. The van der Waals surface area contributed by atoms with Crippen molar-refractivity contribution in [2.24, 2.45) is 0 Å². The Hall–Kier alpha value is -3.65. The molecule has 2 amide bonds. The summed E-state index contributed by atoms with van der Waals surface area (Å²) in [4.78, 5) is 28.1. The lowest BCUT2D eigenvalue weighted by molar-refractivity contribution is -0.136. The number of hydrogen-bond donors (Lipinski definition) is 1. The predicted octanol–water partition coefficient (Wildman–Crippen LogP) is 4.46. The van der Waals surface area contributed by atoms with Gasteiger partial charge in [0.15, 0.2) is 11.5 Å². The van der Waals surface area contributed by atoms with Gasteiger partial charge in [-0.25, -0.2) is 0 Å². The maximum atomic E-state index is 13.4. The van der Waals surface area contributed by atoms with E-state index in [1.54, 1.807) is 19.1 Å². The van der Waals surface area contributed by atoms with Gasteiger partial charge in [-0.1, -0.05) is 30.3 Å². The predicted molar refractivity (Wildman–Crippen MR) is 144 cm³/mol. The number of fused-ring (bicyclic) bond motifs is 1. The summed E-state index contributed by atoms with van der Waals surface area (Å²) in [6.07, 6.45) is 0.714. The molecule has 0 radical (unpaired) electrons. The van der Waals surface area contributed by atoms with Crippen LogP contribution in [0.4, 0.5) is 0 Å². The van der Waals surface area contributed by atoms with Crippen molar-refractivity contribution in [3.05, 3.63) is 83.4 Å². The largest absolute Gasteiger partial charge is 0.493 e. The van der Waals surface area contributed by atoms with E-state index in [2.05, 4.69) is 5.32 Å². The third-order valence-corrected chi connectivity index (χ3v) is 7.30. The number of amides is 2. The molecule has 0 spiro atoms. The van der Waals surface area contributed by atoms with Crippen LogP contribution in [0.1, 0.15) is 23.6 Å². The zero-order valence-electron chi connectivity index (χ0n) is 21.4. The molecule has 1 atom stereocenters. The number of benzene rings is 3. The highest BCUT2D eigenvalue weighted by Crippen LogP contribution is 2.33. The fourth-order valence-corrected chi connectivity index (χ4v) is 5.18. The second-order valence-electron chi connectivity index (χ2n) is 8.80. The molecule has 4 rings (SSSR count). The van der Waals surface area contributed by atoms with E-state index in [0.717, 1.165) is 27.3 Å². The summed E-state index contributed by atoms with van der Waals surface area (Å²) in [6, 6.07) is 21.1. The third-order valence-electron chi connectivity index (χ3n) is 6.19. The van der Waals surface area contributed by atoms with Crippen molar-refractivity contribution < 1.29 is 23.8 Å². The molecule has 3 aromatic carbocycles. The van der Waals surface area contributed by atoms with E-state index in [0.29, 0.717) is 43.4 Å². The van der Waals surface area contributed by atoms with Gasteiger partial charge in [-0.05, 0) is 59.5 Å². The van der Waals surface area contributed by atoms with Crippen LogP contribution in [-0.2, 0) is 29.2 Å². The maximum Gasteiger partial charge on any atom is 0.246 e. The Balaban J connectivity index is 1.37. The van der Waals surface area contributed by atoms with Crippen LogP contribution >= 0.6 is 11.8 Å². The van der Waals surface area contributed by atoms with Gasteiger partial charge in [-0.3, -0.25) is 9.59 Å². The molecule has 1 unspecified atom stereocenters. The first-order valence-corrected chi connectivity index (χ1v) is 13.1. The number of ether oxygens (including phenoxy) is 3. The zero-order valence-corrected chi connectivity index (χ0v) is 22.2. The van der Waals surface area contributed by atoms with E-state index in [1.807, 2.05) is 66.7 Å². The molecule has 194 valence electrons. The number of carbonyl (C=O) groups is 2. The first-order valence-electron chi connectivity index (χ1n) is 12.2. The summed E-state index contributed by atoms with van der Waals surface area (Å²) in [5.74, 6) is 2.21. The monoisotopic (exact) mass is 520 g/mol. The van der Waals surface area contributed by atoms with Crippen LogP contribution < -0.4 is 19.5 Å². The van der Waals surface area contributed by atoms with Gasteiger partial charge in [0.05, 0.1) is 14.2 Å². The minimum Gasteiger partial charge on any atom is -0.493 e. The molecule has 0 saturated carbocycles. The van der Waals surface area contributed by atoms with Crippen molar-refractivity contribution in [3.8, 4) is 17.2 Å². The molecular formula is C29H32N2O5S. The van der Waals surface area contributed by atoms with Gasteiger partial charge >= 0.3 is 0 Å². The maximum absolute atomic E-state index is 13.4. The van der Waals surface area contributed by atoms with Crippen LogP contribution in [-0.4, -0.2) is 49.3 Å². The Bertz CT molecular complexity index is 1220. The van der Waals surface area contributed by atoms with Gasteiger partial charge in [0.25, 0.3) is 0 Å². The summed E-state index contributed by atoms with van der Waals surface area (Å²) in [7, 11) is 3.21. The Morgan fingerprint density at radius 2 is 1.65 bits per heavy atom. The van der Waals surface area contributed by atoms with E-state index in [-0.39, 0.29) is 11.8 Å². The molecule has 7 nitrogen and oxygen atoms in total. The van der Waals surface area contributed by atoms with Gasteiger partial charge in [0, 0.05) is 30.7 Å². The van der Waals surface area contributed by atoms with Crippen molar-refractivity contribution in [2.75, 3.05) is 26.5 Å². The minimum absolute atomic E-state index is 0.0917. The molecular weight excluding hydrogens is 488 g/mol. The van der Waals surface area contributed by atoms with Gasteiger partial charge < -0.3 is 24.4 Å². The van der Waals surface area contributed by atoms with Gasteiger partial charge in [-0.2, -0.15) is 0 Å². The standard InChI is InChI=1S/C29H32N2O5S/c1-20(32)30-26(19-37-25-11-9-24(10-12-25)36-18-21-7-5-4-6-8-21)29(33)31-14-13-22-15-27(34-2)28(35-3)16-23(22)17-31/h4-12,15-16,26H,13-14,17-19H2,1-3H3,(H,30,32). The summed E-state index contributed by atoms with van der Waals surface area (Å²) in [6.45, 7) is 2.98. The van der Waals surface area contributed by atoms with E-state index >= 15 is 0 Å². The average Bonchev–Trinajstić information content (AvgIpc) is 2.93. The number of nitrogens with zero attached hydrogens (tertiary/aromatic N) is 1.